The molecular formula is C30H32O8. The van der Waals surface area contributed by atoms with E-state index < -0.39 is 48.2 Å². The maximum absolute atomic E-state index is 11.9. The second kappa shape index (κ2) is 12.3. The van der Waals surface area contributed by atoms with Gasteiger partial charge in [-0.25, -0.2) is 0 Å². The molecule has 1 saturated heterocycles. The van der Waals surface area contributed by atoms with Crippen LogP contribution in [0.2, 0.25) is 0 Å². The van der Waals surface area contributed by atoms with Gasteiger partial charge in [0.2, 0.25) is 0 Å². The molecular weight excluding hydrogens is 488 g/mol. The van der Waals surface area contributed by atoms with Crippen LogP contribution in [0.15, 0.2) is 91.0 Å². The molecule has 200 valence electrons. The van der Waals surface area contributed by atoms with Crippen molar-refractivity contribution in [2.24, 2.45) is 0 Å². The Morgan fingerprint density at radius 2 is 1.21 bits per heavy atom. The van der Waals surface area contributed by atoms with Gasteiger partial charge in [0.25, 0.3) is 0 Å². The number of aliphatic hydroxyl groups excluding tert-OH is 1. The maximum atomic E-state index is 11.9. The molecule has 0 unspecified atom stereocenters. The third-order valence-corrected chi connectivity index (χ3v) is 6.43. The summed E-state index contributed by atoms with van der Waals surface area (Å²) >= 11 is 0. The van der Waals surface area contributed by atoms with Gasteiger partial charge in [-0.15, -0.1) is 0 Å². The van der Waals surface area contributed by atoms with Crippen molar-refractivity contribution in [3.8, 4) is 0 Å². The zero-order chi connectivity index (χ0) is 27.1. The van der Waals surface area contributed by atoms with Crippen LogP contribution in [0.1, 0.15) is 30.5 Å². The molecule has 5 atom stereocenters. The highest BCUT2D eigenvalue weighted by Gasteiger charge is 2.52. The first-order valence-electron chi connectivity index (χ1n) is 12.4. The molecule has 3 aromatic rings. The smallest absolute Gasteiger partial charge is 0.303 e. The first-order chi connectivity index (χ1) is 18.4. The Bertz CT molecular complexity index is 1090. The molecule has 0 spiro atoms. The summed E-state index contributed by atoms with van der Waals surface area (Å²) in [7, 11) is 1.38. The lowest BCUT2D eigenvalue weighted by molar-refractivity contribution is -0.185. The third kappa shape index (κ3) is 5.79. The number of esters is 2. The minimum Gasteiger partial charge on any atom is -0.455 e. The highest BCUT2D eigenvalue weighted by molar-refractivity contribution is 5.67. The Morgan fingerprint density at radius 3 is 1.61 bits per heavy atom. The number of hydrogen-bond acceptors (Lipinski definition) is 8. The fraction of sp³-hybridized carbons (Fsp3) is 0.333. The Labute approximate surface area is 222 Å². The van der Waals surface area contributed by atoms with Crippen LogP contribution in [0.3, 0.4) is 0 Å². The van der Waals surface area contributed by atoms with Gasteiger partial charge in [0, 0.05) is 21.0 Å². The van der Waals surface area contributed by atoms with E-state index in [4.69, 9.17) is 23.7 Å². The lowest BCUT2D eigenvalue weighted by Crippen LogP contribution is -2.46. The van der Waals surface area contributed by atoms with Crippen molar-refractivity contribution in [3.63, 3.8) is 0 Å². The molecule has 8 heteroatoms. The number of ether oxygens (including phenoxy) is 5. The van der Waals surface area contributed by atoms with Gasteiger partial charge < -0.3 is 28.8 Å². The summed E-state index contributed by atoms with van der Waals surface area (Å²) in [4.78, 5) is 23.6. The van der Waals surface area contributed by atoms with Gasteiger partial charge in [0.1, 0.15) is 17.8 Å². The Balaban J connectivity index is 1.71. The van der Waals surface area contributed by atoms with E-state index in [-0.39, 0.29) is 6.61 Å². The molecule has 1 aliphatic rings. The molecule has 1 heterocycles. The first kappa shape index (κ1) is 27.5. The molecule has 3 aromatic carbocycles. The fourth-order valence-electron chi connectivity index (χ4n) is 4.86. The molecule has 0 aromatic heterocycles. The van der Waals surface area contributed by atoms with Gasteiger partial charge in [-0.05, 0) is 16.7 Å². The van der Waals surface area contributed by atoms with E-state index in [1.807, 2.05) is 91.0 Å². The number of aliphatic hydroxyl groups is 1. The van der Waals surface area contributed by atoms with Gasteiger partial charge in [-0.2, -0.15) is 0 Å². The van der Waals surface area contributed by atoms with Crippen LogP contribution in [-0.4, -0.2) is 61.5 Å². The number of benzene rings is 3. The number of carbonyl (C=O) groups is 2. The lowest BCUT2D eigenvalue weighted by Gasteiger charge is -2.37. The van der Waals surface area contributed by atoms with Crippen molar-refractivity contribution >= 4 is 11.9 Å². The molecule has 1 fully saturated rings. The highest BCUT2D eigenvalue weighted by Crippen LogP contribution is 2.41. The predicted molar refractivity (Wildman–Crippen MR) is 138 cm³/mol. The summed E-state index contributed by atoms with van der Waals surface area (Å²) in [5.41, 5.74) is 1.51. The molecule has 0 saturated carbocycles. The highest BCUT2D eigenvalue weighted by atomic mass is 16.7. The zero-order valence-corrected chi connectivity index (χ0v) is 21.6. The average molecular weight is 521 g/mol. The fourth-order valence-corrected chi connectivity index (χ4v) is 4.86. The average Bonchev–Trinajstić information content (AvgIpc) is 3.26. The van der Waals surface area contributed by atoms with Crippen molar-refractivity contribution < 1.29 is 38.4 Å². The van der Waals surface area contributed by atoms with Gasteiger partial charge in [-0.3, -0.25) is 9.59 Å². The molecule has 8 nitrogen and oxygen atoms in total. The summed E-state index contributed by atoms with van der Waals surface area (Å²) in [6.07, 6.45) is -5.53. The van der Waals surface area contributed by atoms with Crippen LogP contribution in [0, 0.1) is 0 Å². The summed E-state index contributed by atoms with van der Waals surface area (Å²) in [6, 6.07) is 29.2. The minimum atomic E-state index is -1.27. The maximum Gasteiger partial charge on any atom is 0.303 e. The van der Waals surface area contributed by atoms with E-state index in [1.165, 1.54) is 21.0 Å². The molecule has 0 bridgehead atoms. The van der Waals surface area contributed by atoms with Crippen LogP contribution in [-0.2, 0) is 38.9 Å². The predicted octanol–water partition coefficient (Wildman–Crippen LogP) is 3.59. The molecule has 38 heavy (non-hydrogen) atoms. The Hall–Kier alpha value is -3.56. The summed E-state index contributed by atoms with van der Waals surface area (Å²) in [6.45, 7) is 2.26. The zero-order valence-electron chi connectivity index (χ0n) is 21.6. The third-order valence-electron chi connectivity index (χ3n) is 6.43. The molecule has 1 aliphatic heterocycles. The van der Waals surface area contributed by atoms with Crippen LogP contribution in [0.25, 0.3) is 0 Å². The number of carbonyl (C=O) groups excluding carboxylic acids is 2. The SMILES string of the molecule is CO[C@@H]1O[C@@H]([C@H](O)COC(c2ccccc2)(c2ccccc2)c2ccccc2)[C@H](OC(C)=O)[C@H]1OC(C)=O. The monoisotopic (exact) mass is 520 g/mol. The van der Waals surface area contributed by atoms with Crippen molar-refractivity contribution in [2.45, 2.75) is 50.2 Å². The summed E-state index contributed by atoms with van der Waals surface area (Å²) < 4.78 is 28.7. The van der Waals surface area contributed by atoms with Crippen LogP contribution in [0.5, 0.6) is 0 Å². The second-order valence-corrected chi connectivity index (χ2v) is 9.01. The van der Waals surface area contributed by atoms with E-state index in [2.05, 4.69) is 0 Å². The molecule has 0 aliphatic carbocycles. The Morgan fingerprint density at radius 1 is 0.789 bits per heavy atom. The van der Waals surface area contributed by atoms with E-state index in [9.17, 15) is 14.7 Å². The molecule has 4 rings (SSSR count). The summed E-state index contributed by atoms with van der Waals surface area (Å²) in [5.74, 6) is -1.21. The number of hydrogen-bond donors (Lipinski definition) is 1. The second-order valence-electron chi connectivity index (χ2n) is 9.01. The number of rotatable bonds is 10. The van der Waals surface area contributed by atoms with Crippen LogP contribution < -0.4 is 0 Å². The van der Waals surface area contributed by atoms with E-state index in [0.717, 1.165) is 16.7 Å². The van der Waals surface area contributed by atoms with Gasteiger partial charge >= 0.3 is 11.9 Å². The first-order valence-corrected chi connectivity index (χ1v) is 12.4. The Kier molecular flexibility index (Phi) is 8.91. The lowest BCUT2D eigenvalue weighted by atomic mass is 9.80. The van der Waals surface area contributed by atoms with E-state index in [0.29, 0.717) is 0 Å². The minimum absolute atomic E-state index is 0.204. The van der Waals surface area contributed by atoms with Crippen LogP contribution in [0.4, 0.5) is 0 Å². The molecule has 1 N–H and O–H groups in total. The van der Waals surface area contributed by atoms with Crippen molar-refractivity contribution in [1.29, 1.82) is 0 Å². The van der Waals surface area contributed by atoms with Gasteiger partial charge in [-0.1, -0.05) is 91.0 Å². The van der Waals surface area contributed by atoms with Crippen molar-refractivity contribution in [1.82, 2.24) is 0 Å². The normalized spacial score (nSPS) is 22.0. The van der Waals surface area contributed by atoms with Crippen molar-refractivity contribution in [2.75, 3.05) is 13.7 Å². The van der Waals surface area contributed by atoms with E-state index in [1.54, 1.807) is 0 Å². The molecule has 0 amide bonds. The number of methoxy groups -OCH3 is 1. The topological polar surface area (TPSA) is 101 Å². The van der Waals surface area contributed by atoms with Gasteiger partial charge in [0.05, 0.1) is 6.61 Å². The molecule has 0 radical (unpaired) electrons. The quantitative estimate of drug-likeness (QED) is 0.320. The van der Waals surface area contributed by atoms with Gasteiger partial charge in [0.15, 0.2) is 18.5 Å². The van der Waals surface area contributed by atoms with Crippen molar-refractivity contribution in [3.05, 3.63) is 108 Å². The van der Waals surface area contributed by atoms with Crippen LogP contribution >= 0.6 is 0 Å². The standard InChI is InChI=1S/C30H32O8/c1-20(31)36-27-26(38-29(34-3)28(27)37-21(2)32)25(33)19-35-30(22-13-7-4-8-14-22,23-15-9-5-10-16-23)24-17-11-6-12-18-24/h4-18,25-29,33H,19H2,1-3H3/t25-,26+,27+,28-,29-/m1/s1. The largest absolute Gasteiger partial charge is 0.455 e. The van der Waals surface area contributed by atoms with E-state index >= 15 is 0 Å². The summed E-state index contributed by atoms with van der Waals surface area (Å²) in [5, 5.41) is 11.4.